The van der Waals surface area contributed by atoms with Gasteiger partial charge in [-0.1, -0.05) is 6.42 Å². The first-order valence-corrected chi connectivity index (χ1v) is 8.46. The highest BCUT2D eigenvalue weighted by Gasteiger charge is 2.40. The van der Waals surface area contributed by atoms with Crippen LogP contribution in [0.3, 0.4) is 0 Å². The summed E-state index contributed by atoms with van der Waals surface area (Å²) in [6, 6.07) is 0.793. The van der Waals surface area contributed by atoms with Gasteiger partial charge in [0.2, 0.25) is 5.91 Å². The first kappa shape index (κ1) is 12.8. The normalized spacial score (nSPS) is 43.7. The maximum absolute atomic E-state index is 12.3. The average Bonchev–Trinajstić information content (AvgIpc) is 2.83. The Morgan fingerprint density at radius 3 is 2.44 bits per heavy atom. The number of nitrogens with one attached hydrogen (secondary N) is 1. The van der Waals surface area contributed by atoms with Crippen LogP contribution >= 0.6 is 11.8 Å². The summed E-state index contributed by atoms with van der Waals surface area (Å²) in [4.78, 5) is 12.3. The molecule has 3 unspecified atom stereocenters. The summed E-state index contributed by atoms with van der Waals surface area (Å²) in [5.41, 5.74) is 6.12. The number of rotatable bonds is 2. The Kier molecular flexibility index (Phi) is 3.85. The highest BCUT2D eigenvalue weighted by Crippen LogP contribution is 2.40. The Balaban J connectivity index is 1.62. The van der Waals surface area contributed by atoms with E-state index < -0.39 is 0 Å². The Bertz CT molecular complexity index is 303. The minimum atomic E-state index is 0.223. The summed E-state index contributed by atoms with van der Waals surface area (Å²) in [7, 11) is 0. The van der Waals surface area contributed by atoms with Crippen molar-refractivity contribution in [3.8, 4) is 0 Å². The van der Waals surface area contributed by atoms with Crippen molar-refractivity contribution in [2.45, 2.75) is 62.3 Å². The molecular weight excluding hydrogens is 244 g/mol. The monoisotopic (exact) mass is 268 g/mol. The van der Waals surface area contributed by atoms with Gasteiger partial charge < -0.3 is 11.1 Å². The second-order valence-electron chi connectivity index (χ2n) is 6.22. The maximum atomic E-state index is 12.3. The number of carbonyl (C=O) groups excluding carboxylic acids is 1. The third-order valence-electron chi connectivity index (χ3n) is 4.91. The fourth-order valence-electron chi connectivity index (χ4n) is 4.07. The number of fused-ring (bicyclic) bond motifs is 2. The summed E-state index contributed by atoms with van der Waals surface area (Å²) in [6.45, 7) is 0. The molecule has 3 fully saturated rings. The second-order valence-corrected chi connectivity index (χ2v) is 7.53. The molecule has 1 heterocycles. The van der Waals surface area contributed by atoms with Gasteiger partial charge in [-0.25, -0.2) is 0 Å². The van der Waals surface area contributed by atoms with Gasteiger partial charge >= 0.3 is 0 Å². The van der Waals surface area contributed by atoms with E-state index in [0.717, 1.165) is 25.0 Å². The molecule has 0 aromatic carbocycles. The van der Waals surface area contributed by atoms with Gasteiger partial charge in [-0.2, -0.15) is 0 Å². The van der Waals surface area contributed by atoms with Crippen molar-refractivity contribution < 1.29 is 4.79 Å². The Hall–Kier alpha value is -0.220. The molecule has 102 valence electrons. The lowest BCUT2D eigenvalue weighted by Crippen LogP contribution is -2.55. The van der Waals surface area contributed by atoms with Crippen LogP contribution in [0.4, 0.5) is 0 Å². The first-order chi connectivity index (χ1) is 8.74. The van der Waals surface area contributed by atoms with Gasteiger partial charge in [-0.15, -0.1) is 11.8 Å². The van der Waals surface area contributed by atoms with E-state index in [1.165, 1.54) is 25.7 Å². The van der Waals surface area contributed by atoms with Crippen LogP contribution in [0.25, 0.3) is 0 Å². The molecule has 3 atom stereocenters. The van der Waals surface area contributed by atoms with E-state index >= 15 is 0 Å². The van der Waals surface area contributed by atoms with Crippen LogP contribution in [0.5, 0.6) is 0 Å². The third-order valence-corrected chi connectivity index (χ3v) is 6.28. The van der Waals surface area contributed by atoms with Gasteiger partial charge in [0.05, 0.1) is 5.25 Å². The number of thioether (sulfide) groups is 1. The van der Waals surface area contributed by atoms with E-state index in [-0.39, 0.29) is 5.25 Å². The number of hydrogen-bond acceptors (Lipinski definition) is 3. The summed E-state index contributed by atoms with van der Waals surface area (Å²) >= 11 is 1.83. The highest BCUT2D eigenvalue weighted by molar-refractivity contribution is 8.00. The lowest BCUT2D eigenvalue weighted by molar-refractivity contribution is -0.122. The van der Waals surface area contributed by atoms with Crippen LogP contribution in [-0.2, 0) is 4.79 Å². The van der Waals surface area contributed by atoms with Crippen LogP contribution in [0.2, 0.25) is 0 Å². The van der Waals surface area contributed by atoms with Crippen LogP contribution in [-0.4, -0.2) is 29.0 Å². The topological polar surface area (TPSA) is 55.1 Å². The van der Waals surface area contributed by atoms with Crippen molar-refractivity contribution in [1.29, 1.82) is 0 Å². The van der Waals surface area contributed by atoms with Crippen molar-refractivity contribution in [1.82, 2.24) is 5.32 Å². The molecule has 4 heteroatoms. The Morgan fingerprint density at radius 2 is 1.83 bits per heavy atom. The molecule has 18 heavy (non-hydrogen) atoms. The smallest absolute Gasteiger partial charge is 0.233 e. The minimum absolute atomic E-state index is 0.223. The molecule has 2 aliphatic carbocycles. The zero-order chi connectivity index (χ0) is 12.5. The average molecular weight is 268 g/mol. The van der Waals surface area contributed by atoms with Crippen LogP contribution in [0, 0.1) is 11.8 Å². The molecule has 3 nitrogen and oxygen atoms in total. The maximum Gasteiger partial charge on any atom is 0.233 e. The standard InChI is InChI=1S/C14H24N2OS/c15-11-7-9-3-1-4-10(8-11)13(9)16-14(17)12-5-2-6-18-12/h9-13H,1-8,15H2,(H,16,17). The Morgan fingerprint density at radius 1 is 1.11 bits per heavy atom. The van der Waals surface area contributed by atoms with Crippen molar-refractivity contribution in [2.24, 2.45) is 17.6 Å². The SMILES string of the molecule is NC1CC2CCCC(C1)C2NC(=O)C1CCCS1. The molecule has 0 aromatic heterocycles. The summed E-state index contributed by atoms with van der Waals surface area (Å²) < 4.78 is 0. The van der Waals surface area contributed by atoms with E-state index in [1.807, 2.05) is 11.8 Å². The number of hydrogen-bond donors (Lipinski definition) is 2. The van der Waals surface area contributed by atoms with Crippen LogP contribution < -0.4 is 11.1 Å². The fourth-order valence-corrected chi connectivity index (χ4v) is 5.24. The van der Waals surface area contributed by atoms with Crippen molar-refractivity contribution in [2.75, 3.05) is 5.75 Å². The number of amides is 1. The number of carbonyl (C=O) groups is 1. The zero-order valence-electron chi connectivity index (χ0n) is 10.9. The molecule has 2 bridgehead atoms. The second kappa shape index (κ2) is 5.41. The molecule has 1 aliphatic heterocycles. The predicted octanol–water partition coefficient (Wildman–Crippen LogP) is 1.90. The molecule has 0 spiro atoms. The lowest BCUT2D eigenvalue weighted by Gasteiger charge is -2.45. The number of nitrogens with two attached hydrogens (primary N) is 1. The molecule has 0 aromatic rings. The molecule has 0 radical (unpaired) electrons. The van der Waals surface area contributed by atoms with E-state index in [1.54, 1.807) is 0 Å². The predicted molar refractivity (Wildman–Crippen MR) is 75.5 cm³/mol. The molecule has 3 N–H and O–H groups in total. The Labute approximate surface area is 114 Å². The summed E-state index contributed by atoms with van der Waals surface area (Å²) in [5.74, 6) is 2.74. The fraction of sp³-hybridized carbons (Fsp3) is 0.929. The van der Waals surface area contributed by atoms with Crippen LogP contribution in [0.1, 0.15) is 44.9 Å². The van der Waals surface area contributed by atoms with E-state index in [4.69, 9.17) is 5.73 Å². The lowest BCUT2D eigenvalue weighted by atomic mass is 9.67. The molecule has 3 aliphatic rings. The van der Waals surface area contributed by atoms with Crippen molar-refractivity contribution in [3.05, 3.63) is 0 Å². The van der Waals surface area contributed by atoms with E-state index in [2.05, 4.69) is 5.32 Å². The van der Waals surface area contributed by atoms with Crippen LogP contribution in [0.15, 0.2) is 0 Å². The van der Waals surface area contributed by atoms with Gasteiger partial charge in [0, 0.05) is 12.1 Å². The zero-order valence-corrected chi connectivity index (χ0v) is 11.8. The summed E-state index contributed by atoms with van der Waals surface area (Å²) in [5, 5.41) is 3.59. The molecule has 1 amide bonds. The quantitative estimate of drug-likeness (QED) is 0.804. The summed E-state index contributed by atoms with van der Waals surface area (Å²) in [6.07, 6.45) is 8.33. The third kappa shape index (κ3) is 2.55. The molecule has 1 saturated heterocycles. The van der Waals surface area contributed by atoms with E-state index in [9.17, 15) is 4.79 Å². The van der Waals surface area contributed by atoms with Gasteiger partial charge in [0.1, 0.15) is 0 Å². The van der Waals surface area contributed by atoms with Crippen molar-refractivity contribution >= 4 is 17.7 Å². The minimum Gasteiger partial charge on any atom is -0.352 e. The molecule has 3 rings (SSSR count). The van der Waals surface area contributed by atoms with Gasteiger partial charge in [0.25, 0.3) is 0 Å². The van der Waals surface area contributed by atoms with E-state index in [0.29, 0.717) is 29.8 Å². The van der Waals surface area contributed by atoms with Gasteiger partial charge in [-0.3, -0.25) is 4.79 Å². The van der Waals surface area contributed by atoms with Crippen molar-refractivity contribution in [3.63, 3.8) is 0 Å². The largest absolute Gasteiger partial charge is 0.352 e. The molecular formula is C14H24N2OS. The highest BCUT2D eigenvalue weighted by atomic mass is 32.2. The molecule has 2 saturated carbocycles. The first-order valence-electron chi connectivity index (χ1n) is 7.41. The van der Waals surface area contributed by atoms with Gasteiger partial charge in [-0.05, 0) is 56.1 Å². The van der Waals surface area contributed by atoms with Gasteiger partial charge in [0.15, 0.2) is 0 Å².